The second-order valence-corrected chi connectivity index (χ2v) is 8.79. The van der Waals surface area contributed by atoms with Gasteiger partial charge in [0.1, 0.15) is 6.10 Å². The Morgan fingerprint density at radius 2 is 1.45 bits per heavy atom. The summed E-state index contributed by atoms with van der Waals surface area (Å²) in [5.74, 6) is 0.511. The van der Waals surface area contributed by atoms with Gasteiger partial charge in [0.2, 0.25) is 0 Å². The highest BCUT2D eigenvalue weighted by atomic mass is 16.6. The molecule has 1 amide bonds. The van der Waals surface area contributed by atoms with Crippen LogP contribution in [0.25, 0.3) is 0 Å². The van der Waals surface area contributed by atoms with Crippen LogP contribution in [0.5, 0.6) is 0 Å². The van der Waals surface area contributed by atoms with Crippen molar-refractivity contribution in [2.24, 2.45) is 5.92 Å². The Kier molecular flexibility index (Phi) is 5.90. The highest BCUT2D eigenvalue weighted by molar-refractivity contribution is 5.70. The van der Waals surface area contributed by atoms with Crippen LogP contribution < -0.4 is 0 Å². The zero-order valence-electron chi connectivity index (χ0n) is 17.9. The van der Waals surface area contributed by atoms with E-state index in [1.165, 1.54) is 11.1 Å². The molecule has 0 spiro atoms. The summed E-state index contributed by atoms with van der Waals surface area (Å²) in [5, 5.41) is 0. The van der Waals surface area contributed by atoms with Gasteiger partial charge in [-0.15, -0.1) is 0 Å². The van der Waals surface area contributed by atoms with Crippen molar-refractivity contribution in [2.75, 3.05) is 26.2 Å². The SMILES string of the molecule is O=C(OC1CN2CCC1CC2)N1CCc2ccccc2C1c1ccccccccc1. The van der Waals surface area contributed by atoms with Crippen LogP contribution >= 0.6 is 0 Å². The van der Waals surface area contributed by atoms with E-state index in [1.54, 1.807) is 0 Å². The topological polar surface area (TPSA) is 32.8 Å². The lowest BCUT2D eigenvalue weighted by atomic mass is 9.86. The number of hydrogen-bond donors (Lipinski definition) is 0. The number of carbonyl (C=O) groups is 1. The molecule has 4 nitrogen and oxygen atoms in total. The average Bonchev–Trinajstić information content (AvgIpc) is 2.82. The molecule has 2 aromatic rings. The van der Waals surface area contributed by atoms with Crippen molar-refractivity contribution in [3.05, 3.63) is 95.6 Å². The summed E-state index contributed by atoms with van der Waals surface area (Å²) in [6.07, 6.45) is 2.99. The minimum Gasteiger partial charge on any atom is -0.444 e. The lowest BCUT2D eigenvalue weighted by Gasteiger charge is -2.45. The van der Waals surface area contributed by atoms with Crippen molar-refractivity contribution >= 4 is 6.09 Å². The van der Waals surface area contributed by atoms with E-state index in [9.17, 15) is 4.79 Å². The molecular weight excluding hydrogens is 384 g/mol. The molecule has 6 rings (SSSR count). The zero-order chi connectivity index (χ0) is 21.0. The quantitative estimate of drug-likeness (QED) is 0.694. The molecule has 4 heteroatoms. The molecule has 4 heterocycles. The lowest BCUT2D eigenvalue weighted by Crippen LogP contribution is -2.53. The molecule has 31 heavy (non-hydrogen) atoms. The summed E-state index contributed by atoms with van der Waals surface area (Å²) < 4.78 is 6.15. The summed E-state index contributed by atoms with van der Waals surface area (Å²) in [7, 11) is 0. The van der Waals surface area contributed by atoms with E-state index in [1.807, 2.05) is 47.4 Å². The molecule has 160 valence electrons. The van der Waals surface area contributed by atoms with Gasteiger partial charge < -0.3 is 4.74 Å². The fraction of sp³-hybridized carbons (Fsp3) is 0.370. The van der Waals surface area contributed by atoms with Gasteiger partial charge in [-0.1, -0.05) is 78.9 Å². The molecule has 3 fully saturated rings. The average molecular weight is 415 g/mol. The first-order valence-corrected chi connectivity index (χ1v) is 11.5. The molecule has 0 saturated carbocycles. The summed E-state index contributed by atoms with van der Waals surface area (Å²) in [5.41, 5.74) is 3.60. The van der Waals surface area contributed by atoms with E-state index < -0.39 is 0 Å². The van der Waals surface area contributed by atoms with Gasteiger partial charge in [-0.2, -0.15) is 0 Å². The van der Waals surface area contributed by atoms with E-state index in [-0.39, 0.29) is 18.2 Å². The van der Waals surface area contributed by atoms with Crippen molar-refractivity contribution in [3.63, 3.8) is 0 Å². The lowest BCUT2D eigenvalue weighted by molar-refractivity contribution is -0.0462. The van der Waals surface area contributed by atoms with Gasteiger partial charge in [0, 0.05) is 13.1 Å². The number of nitrogens with zero attached hydrogens (tertiary/aromatic N) is 2. The number of hydrogen-bond acceptors (Lipinski definition) is 3. The van der Waals surface area contributed by atoms with Crippen LogP contribution in [-0.2, 0) is 11.2 Å². The molecule has 0 N–H and O–H groups in total. The number of amides is 1. The number of rotatable bonds is 2. The van der Waals surface area contributed by atoms with Crippen LogP contribution in [-0.4, -0.2) is 48.2 Å². The van der Waals surface area contributed by atoms with Crippen molar-refractivity contribution in [1.82, 2.24) is 9.80 Å². The van der Waals surface area contributed by atoms with Crippen molar-refractivity contribution in [2.45, 2.75) is 31.4 Å². The van der Waals surface area contributed by atoms with Crippen LogP contribution in [0.1, 0.15) is 35.6 Å². The van der Waals surface area contributed by atoms with Gasteiger partial charge in [-0.25, -0.2) is 4.79 Å². The van der Waals surface area contributed by atoms with Crippen LogP contribution in [0.3, 0.4) is 0 Å². The highest BCUT2D eigenvalue weighted by Gasteiger charge is 2.39. The molecule has 2 aromatic carbocycles. The summed E-state index contributed by atoms with van der Waals surface area (Å²) >= 11 is 0. The van der Waals surface area contributed by atoms with Crippen molar-refractivity contribution in [1.29, 1.82) is 0 Å². The Morgan fingerprint density at radius 1 is 0.806 bits per heavy atom. The van der Waals surface area contributed by atoms with E-state index >= 15 is 0 Å². The monoisotopic (exact) mass is 414 g/mol. The Labute approximate surface area is 184 Å². The second-order valence-electron chi connectivity index (χ2n) is 8.79. The second kappa shape index (κ2) is 9.11. The molecule has 2 unspecified atom stereocenters. The largest absolute Gasteiger partial charge is 0.444 e. The highest BCUT2D eigenvalue weighted by Crippen LogP contribution is 2.36. The number of ether oxygens (including phenoxy) is 1. The molecule has 0 aliphatic carbocycles. The Hall–Kier alpha value is -2.85. The number of fused-ring (bicyclic) bond motifs is 4. The van der Waals surface area contributed by atoms with Crippen LogP contribution in [0, 0.1) is 5.92 Å². The first-order chi connectivity index (χ1) is 15.3. The third-order valence-corrected chi connectivity index (χ3v) is 6.93. The van der Waals surface area contributed by atoms with Gasteiger partial charge in [0.15, 0.2) is 0 Å². The molecule has 0 radical (unpaired) electrons. The van der Waals surface area contributed by atoms with E-state index in [0.29, 0.717) is 12.5 Å². The number of carbonyl (C=O) groups excluding carboxylic acids is 1. The first kappa shape index (κ1) is 20.1. The molecular formula is C27H30N2O2. The van der Waals surface area contributed by atoms with E-state index in [4.69, 9.17) is 4.74 Å². The molecule has 4 aliphatic rings. The molecule has 3 saturated heterocycles. The van der Waals surface area contributed by atoms with Gasteiger partial charge in [-0.05, 0) is 55.0 Å². The van der Waals surface area contributed by atoms with Crippen molar-refractivity contribution in [3.8, 4) is 0 Å². The molecule has 0 aromatic heterocycles. The minimum atomic E-state index is -0.177. The fourth-order valence-corrected chi connectivity index (χ4v) is 5.26. The predicted octanol–water partition coefficient (Wildman–Crippen LogP) is 4.99. The summed E-state index contributed by atoms with van der Waals surface area (Å²) in [6.45, 7) is 3.84. The third kappa shape index (κ3) is 4.31. The van der Waals surface area contributed by atoms with Gasteiger partial charge >= 0.3 is 6.09 Å². The van der Waals surface area contributed by atoms with Crippen LogP contribution in [0.15, 0.2) is 78.9 Å². The molecule has 2 bridgehead atoms. The summed E-state index contributed by atoms with van der Waals surface area (Å²) in [6, 6.07) is 26.7. The smallest absolute Gasteiger partial charge is 0.410 e. The normalized spacial score (nSPS) is 26.5. The van der Waals surface area contributed by atoms with Gasteiger partial charge in [0.25, 0.3) is 0 Å². The number of piperidine rings is 3. The summed E-state index contributed by atoms with van der Waals surface area (Å²) in [4.78, 5) is 17.8. The predicted molar refractivity (Wildman–Crippen MR) is 122 cm³/mol. The zero-order valence-corrected chi connectivity index (χ0v) is 17.9. The van der Waals surface area contributed by atoms with E-state index in [0.717, 1.165) is 44.5 Å². The first-order valence-electron chi connectivity index (χ1n) is 11.5. The Balaban J connectivity index is 1.48. The van der Waals surface area contributed by atoms with Crippen LogP contribution in [0.2, 0.25) is 0 Å². The minimum absolute atomic E-state index is 0.0226. The maximum atomic E-state index is 13.5. The fourth-order valence-electron chi connectivity index (χ4n) is 5.26. The van der Waals surface area contributed by atoms with Gasteiger partial charge in [0.05, 0.1) is 6.04 Å². The third-order valence-electron chi connectivity index (χ3n) is 6.93. The van der Waals surface area contributed by atoms with Crippen LogP contribution in [0.4, 0.5) is 4.79 Å². The maximum Gasteiger partial charge on any atom is 0.410 e. The Bertz CT molecular complexity index is 957. The van der Waals surface area contributed by atoms with Crippen molar-refractivity contribution < 1.29 is 9.53 Å². The van der Waals surface area contributed by atoms with Gasteiger partial charge in [-0.3, -0.25) is 9.80 Å². The number of benzene rings is 1. The Morgan fingerprint density at radius 3 is 2.13 bits per heavy atom. The maximum absolute atomic E-state index is 13.5. The molecule has 2 atom stereocenters. The molecule has 4 aliphatic heterocycles. The van der Waals surface area contributed by atoms with E-state index in [2.05, 4.69) is 41.3 Å². The standard InChI is InChI=1S/C27H30N2O2/c30-27(31-25-20-28-17-14-22(25)15-18-28)29-19-16-21-10-8-9-13-24(21)26(29)23-11-6-4-2-1-3-5-7-12-23/h1-13,22,25-26H,14-20H2.